The molecule has 1 N–H and O–H groups in total. The molecule has 1 aliphatic carbocycles. The first kappa shape index (κ1) is 19.3. The zero-order chi connectivity index (χ0) is 18.4. The lowest BCUT2D eigenvalue weighted by Crippen LogP contribution is -2.30. The number of hydrogen-bond donors (Lipinski definition) is 1. The number of carbonyl (C=O) groups excluding carboxylic acids is 2. The predicted molar refractivity (Wildman–Crippen MR) is 103 cm³/mol. The third kappa shape index (κ3) is 4.97. The van der Waals surface area contributed by atoms with Gasteiger partial charge in [-0.15, -0.1) is 0 Å². The molecule has 138 valence electrons. The molecule has 0 radical (unpaired) electrons. The summed E-state index contributed by atoms with van der Waals surface area (Å²) >= 11 is 0. The monoisotopic (exact) mass is 345 g/mol. The van der Waals surface area contributed by atoms with Crippen LogP contribution in [0.1, 0.15) is 40.0 Å². The highest BCUT2D eigenvalue weighted by atomic mass is 16.2. The van der Waals surface area contributed by atoms with Crippen LogP contribution in [0.5, 0.6) is 0 Å². The fourth-order valence-corrected chi connectivity index (χ4v) is 3.13. The van der Waals surface area contributed by atoms with E-state index in [-0.39, 0.29) is 23.7 Å². The fourth-order valence-electron chi connectivity index (χ4n) is 3.13. The lowest BCUT2D eigenvalue weighted by atomic mass is 10.2. The highest BCUT2D eigenvalue weighted by Gasteiger charge is 2.48. The lowest BCUT2D eigenvalue weighted by molar-refractivity contribution is -0.132. The van der Waals surface area contributed by atoms with Crippen LogP contribution in [0.15, 0.2) is 24.3 Å². The van der Waals surface area contributed by atoms with Gasteiger partial charge in [0.05, 0.1) is 11.8 Å². The molecule has 2 rings (SSSR count). The molecule has 0 saturated heterocycles. The van der Waals surface area contributed by atoms with Crippen LogP contribution in [0.3, 0.4) is 0 Å². The van der Waals surface area contributed by atoms with Gasteiger partial charge in [0.25, 0.3) is 0 Å². The summed E-state index contributed by atoms with van der Waals surface area (Å²) in [5.74, 6) is -0.265. The molecule has 5 nitrogen and oxygen atoms in total. The largest absolute Gasteiger partial charge is 0.372 e. The Hall–Kier alpha value is -2.04. The molecular weight excluding hydrogens is 314 g/mol. The molecule has 1 aromatic rings. The molecule has 2 amide bonds. The van der Waals surface area contributed by atoms with Crippen molar-refractivity contribution in [3.63, 3.8) is 0 Å². The summed E-state index contributed by atoms with van der Waals surface area (Å²) in [6, 6.07) is 7.91. The summed E-state index contributed by atoms with van der Waals surface area (Å²) in [6.07, 6.45) is 2.74. The number of unbranched alkanes of at least 4 members (excludes halogenated alkanes) is 1. The van der Waals surface area contributed by atoms with E-state index in [1.807, 2.05) is 31.3 Å². The molecule has 0 heterocycles. The Morgan fingerprint density at radius 2 is 1.72 bits per heavy atom. The Morgan fingerprint density at radius 1 is 1.08 bits per heavy atom. The molecule has 0 aromatic heterocycles. The Morgan fingerprint density at radius 3 is 2.28 bits per heavy atom. The molecule has 2 atom stereocenters. The van der Waals surface area contributed by atoms with E-state index in [1.54, 1.807) is 4.90 Å². The number of nitrogens with one attached hydrogen (secondary N) is 1. The van der Waals surface area contributed by atoms with Crippen molar-refractivity contribution < 1.29 is 9.59 Å². The van der Waals surface area contributed by atoms with Crippen molar-refractivity contribution in [2.75, 3.05) is 36.9 Å². The minimum absolute atomic E-state index is 0.0437. The van der Waals surface area contributed by atoms with E-state index >= 15 is 0 Å². The summed E-state index contributed by atoms with van der Waals surface area (Å²) < 4.78 is 0. The minimum Gasteiger partial charge on any atom is -0.372 e. The van der Waals surface area contributed by atoms with Crippen LogP contribution < -0.4 is 10.2 Å². The average Bonchev–Trinajstić information content (AvgIpc) is 3.42. The number of hydrogen-bond acceptors (Lipinski definition) is 3. The second-order valence-corrected chi connectivity index (χ2v) is 6.77. The SMILES string of the molecule is CCCCN(C)C(=O)C1CC1C(=O)Nc1ccc(N(CC)CC)cc1. The van der Waals surface area contributed by atoms with Crippen molar-refractivity contribution in [2.24, 2.45) is 11.8 Å². The molecule has 2 unspecified atom stereocenters. The maximum absolute atomic E-state index is 12.4. The van der Waals surface area contributed by atoms with Crippen LogP contribution in [0.4, 0.5) is 11.4 Å². The van der Waals surface area contributed by atoms with Crippen molar-refractivity contribution in [1.82, 2.24) is 4.90 Å². The second kappa shape index (κ2) is 8.88. The predicted octanol–water partition coefficient (Wildman–Crippen LogP) is 3.37. The van der Waals surface area contributed by atoms with E-state index in [4.69, 9.17) is 0 Å². The molecule has 1 aliphatic rings. The normalized spacial score (nSPS) is 18.6. The van der Waals surface area contributed by atoms with E-state index in [0.29, 0.717) is 6.42 Å². The zero-order valence-corrected chi connectivity index (χ0v) is 15.9. The van der Waals surface area contributed by atoms with Crippen LogP contribution in [0, 0.1) is 11.8 Å². The standard InChI is InChI=1S/C20H31N3O2/c1-5-8-13-22(4)20(25)18-14-17(18)19(24)21-15-9-11-16(12-10-15)23(6-2)7-3/h9-12,17-18H,5-8,13-14H2,1-4H3,(H,21,24). The molecule has 1 aromatic carbocycles. The first-order valence-electron chi connectivity index (χ1n) is 9.42. The maximum atomic E-state index is 12.4. The number of carbonyl (C=O) groups is 2. The van der Waals surface area contributed by atoms with Gasteiger partial charge in [-0.1, -0.05) is 13.3 Å². The fraction of sp³-hybridized carbons (Fsp3) is 0.600. The van der Waals surface area contributed by atoms with Crippen molar-refractivity contribution in [2.45, 2.75) is 40.0 Å². The Labute approximate surface area is 151 Å². The van der Waals surface area contributed by atoms with E-state index in [2.05, 4.69) is 31.0 Å². The summed E-state index contributed by atoms with van der Waals surface area (Å²) in [5.41, 5.74) is 1.94. The van der Waals surface area contributed by atoms with E-state index in [0.717, 1.165) is 43.9 Å². The van der Waals surface area contributed by atoms with Crippen LogP contribution in [0.2, 0.25) is 0 Å². The van der Waals surface area contributed by atoms with Gasteiger partial charge in [-0.2, -0.15) is 0 Å². The van der Waals surface area contributed by atoms with Gasteiger partial charge in [-0.25, -0.2) is 0 Å². The zero-order valence-electron chi connectivity index (χ0n) is 15.9. The van der Waals surface area contributed by atoms with Gasteiger partial charge in [-0.05, 0) is 51.0 Å². The summed E-state index contributed by atoms with van der Waals surface area (Å²) in [5, 5.41) is 2.94. The van der Waals surface area contributed by atoms with E-state index in [1.165, 1.54) is 0 Å². The first-order chi connectivity index (χ1) is 12.0. The maximum Gasteiger partial charge on any atom is 0.228 e. The van der Waals surface area contributed by atoms with Gasteiger partial charge in [0.15, 0.2) is 0 Å². The minimum atomic E-state index is -0.181. The van der Waals surface area contributed by atoms with Gasteiger partial charge < -0.3 is 15.1 Å². The van der Waals surface area contributed by atoms with Crippen molar-refractivity contribution in [1.29, 1.82) is 0 Å². The van der Waals surface area contributed by atoms with Gasteiger partial charge >= 0.3 is 0 Å². The highest BCUT2D eigenvalue weighted by molar-refractivity contribution is 5.99. The molecule has 25 heavy (non-hydrogen) atoms. The number of nitrogens with zero attached hydrogens (tertiary/aromatic N) is 2. The molecule has 0 bridgehead atoms. The second-order valence-electron chi connectivity index (χ2n) is 6.77. The molecule has 0 spiro atoms. The number of benzene rings is 1. The van der Waals surface area contributed by atoms with Crippen molar-refractivity contribution in [3.05, 3.63) is 24.3 Å². The van der Waals surface area contributed by atoms with Crippen LogP contribution in [-0.4, -0.2) is 43.4 Å². The van der Waals surface area contributed by atoms with Gasteiger partial charge in [0.1, 0.15) is 0 Å². The topological polar surface area (TPSA) is 52.7 Å². The van der Waals surface area contributed by atoms with Crippen LogP contribution in [0.25, 0.3) is 0 Å². The van der Waals surface area contributed by atoms with Gasteiger partial charge in [0, 0.05) is 38.1 Å². The number of amides is 2. The number of anilines is 2. The lowest BCUT2D eigenvalue weighted by Gasteiger charge is -2.21. The van der Waals surface area contributed by atoms with Gasteiger partial charge in [-0.3, -0.25) is 9.59 Å². The van der Waals surface area contributed by atoms with Crippen molar-refractivity contribution >= 4 is 23.2 Å². The first-order valence-corrected chi connectivity index (χ1v) is 9.42. The third-order valence-corrected chi connectivity index (χ3v) is 4.93. The quantitative estimate of drug-likeness (QED) is 0.746. The molecule has 0 aliphatic heterocycles. The van der Waals surface area contributed by atoms with Crippen LogP contribution >= 0.6 is 0 Å². The molecule has 1 fully saturated rings. The average molecular weight is 345 g/mol. The molecule has 1 saturated carbocycles. The Balaban J connectivity index is 1.86. The summed E-state index contributed by atoms with van der Waals surface area (Å²) in [7, 11) is 1.83. The molecular formula is C20H31N3O2. The van der Waals surface area contributed by atoms with E-state index < -0.39 is 0 Å². The van der Waals surface area contributed by atoms with Gasteiger partial charge in [0.2, 0.25) is 11.8 Å². The Bertz CT molecular complexity index is 581. The number of rotatable bonds is 9. The molecule has 5 heteroatoms. The Kier molecular flexibility index (Phi) is 6.85. The highest BCUT2D eigenvalue weighted by Crippen LogP contribution is 2.40. The van der Waals surface area contributed by atoms with Crippen molar-refractivity contribution in [3.8, 4) is 0 Å². The summed E-state index contributed by atoms with van der Waals surface area (Å²) in [4.78, 5) is 28.7. The van der Waals surface area contributed by atoms with Crippen LogP contribution in [-0.2, 0) is 9.59 Å². The summed E-state index contributed by atoms with van der Waals surface area (Å²) in [6.45, 7) is 9.05. The van der Waals surface area contributed by atoms with E-state index in [9.17, 15) is 9.59 Å². The third-order valence-electron chi connectivity index (χ3n) is 4.93. The smallest absolute Gasteiger partial charge is 0.228 e.